The molecule has 1 amide bonds. The number of benzene rings is 1. The number of hydrogen-bond donors (Lipinski definition) is 2. The summed E-state index contributed by atoms with van der Waals surface area (Å²) in [6, 6.07) is 4.55. The van der Waals surface area contributed by atoms with Gasteiger partial charge in [-0.3, -0.25) is 4.79 Å². The van der Waals surface area contributed by atoms with E-state index >= 15 is 0 Å². The predicted molar refractivity (Wildman–Crippen MR) is 70.8 cm³/mol. The molecule has 0 heterocycles. The van der Waals surface area contributed by atoms with Crippen molar-refractivity contribution in [3.63, 3.8) is 0 Å². The number of halogens is 1. The molecule has 0 aromatic heterocycles. The van der Waals surface area contributed by atoms with Gasteiger partial charge in [0, 0.05) is 30.3 Å². The van der Waals surface area contributed by atoms with Gasteiger partial charge in [0.05, 0.1) is 5.56 Å². The van der Waals surface area contributed by atoms with E-state index in [9.17, 15) is 9.59 Å². The van der Waals surface area contributed by atoms with Crippen molar-refractivity contribution in [3.8, 4) is 0 Å². The number of methoxy groups -OCH3 is 1. The number of carbonyl (C=O) groups is 2. The number of carboxylic acid groups (broad SMARTS) is 1. The van der Waals surface area contributed by atoms with Crippen LogP contribution in [0.15, 0.2) is 22.7 Å². The number of ether oxygens (including phenoxy) is 1. The summed E-state index contributed by atoms with van der Waals surface area (Å²) in [5.41, 5.74) is 0.584. The molecule has 0 saturated heterocycles. The lowest BCUT2D eigenvalue weighted by atomic mass is 10.2. The molecule has 0 aliphatic rings. The van der Waals surface area contributed by atoms with Crippen LogP contribution in [-0.2, 0) is 9.53 Å². The van der Waals surface area contributed by atoms with E-state index in [4.69, 9.17) is 9.84 Å². The quantitative estimate of drug-likeness (QED) is 0.791. The van der Waals surface area contributed by atoms with Gasteiger partial charge in [-0.1, -0.05) is 15.9 Å². The fourth-order valence-electron chi connectivity index (χ4n) is 1.39. The lowest BCUT2D eigenvalue weighted by Crippen LogP contribution is -2.12. The summed E-state index contributed by atoms with van der Waals surface area (Å²) in [5.74, 6) is -1.20. The van der Waals surface area contributed by atoms with Crippen molar-refractivity contribution in [3.05, 3.63) is 28.2 Å². The number of anilines is 1. The van der Waals surface area contributed by atoms with Crippen LogP contribution in [-0.4, -0.2) is 30.7 Å². The van der Waals surface area contributed by atoms with Crippen molar-refractivity contribution in [2.75, 3.05) is 19.0 Å². The molecule has 1 aromatic carbocycles. The molecule has 1 rings (SSSR count). The smallest absolute Gasteiger partial charge is 0.335 e. The zero-order chi connectivity index (χ0) is 13.5. The van der Waals surface area contributed by atoms with Crippen molar-refractivity contribution in [2.24, 2.45) is 0 Å². The van der Waals surface area contributed by atoms with Crippen LogP contribution in [0.1, 0.15) is 23.2 Å². The Balaban J connectivity index is 2.66. The topological polar surface area (TPSA) is 75.6 Å². The van der Waals surface area contributed by atoms with Gasteiger partial charge in [0.25, 0.3) is 0 Å². The van der Waals surface area contributed by atoms with Gasteiger partial charge < -0.3 is 15.2 Å². The van der Waals surface area contributed by atoms with Crippen molar-refractivity contribution < 1.29 is 19.4 Å². The average molecular weight is 316 g/mol. The highest BCUT2D eigenvalue weighted by Gasteiger charge is 2.08. The normalized spacial score (nSPS) is 10.1. The van der Waals surface area contributed by atoms with Gasteiger partial charge in [-0.25, -0.2) is 4.79 Å². The highest BCUT2D eigenvalue weighted by molar-refractivity contribution is 9.10. The summed E-state index contributed by atoms with van der Waals surface area (Å²) in [7, 11) is 1.57. The Morgan fingerprint density at radius 3 is 2.72 bits per heavy atom. The minimum absolute atomic E-state index is 0.122. The Kier molecular flexibility index (Phi) is 5.80. The summed E-state index contributed by atoms with van der Waals surface area (Å²) < 4.78 is 5.45. The van der Waals surface area contributed by atoms with Crippen molar-refractivity contribution in [1.82, 2.24) is 0 Å². The van der Waals surface area contributed by atoms with Gasteiger partial charge in [0.1, 0.15) is 0 Å². The monoisotopic (exact) mass is 315 g/mol. The lowest BCUT2D eigenvalue weighted by Gasteiger charge is -2.07. The van der Waals surface area contributed by atoms with Crippen LogP contribution < -0.4 is 5.32 Å². The van der Waals surface area contributed by atoms with E-state index in [-0.39, 0.29) is 11.5 Å². The first-order chi connectivity index (χ1) is 8.52. The molecule has 0 bridgehead atoms. The number of hydrogen-bond acceptors (Lipinski definition) is 3. The summed E-state index contributed by atoms with van der Waals surface area (Å²) in [6.07, 6.45) is 0.963. The molecule has 5 nitrogen and oxygen atoms in total. The average Bonchev–Trinajstić information content (AvgIpc) is 2.28. The maximum atomic E-state index is 11.6. The molecule has 0 aliphatic carbocycles. The fourth-order valence-corrected chi connectivity index (χ4v) is 1.88. The number of rotatable bonds is 6. The maximum absolute atomic E-state index is 11.6. The van der Waals surface area contributed by atoms with Crippen molar-refractivity contribution in [2.45, 2.75) is 12.8 Å². The van der Waals surface area contributed by atoms with E-state index in [2.05, 4.69) is 21.2 Å². The predicted octanol–water partition coefficient (Wildman–Crippen LogP) is 2.51. The first-order valence-corrected chi connectivity index (χ1v) is 6.15. The Bertz CT molecular complexity index is 448. The Morgan fingerprint density at radius 1 is 1.39 bits per heavy atom. The Hall–Kier alpha value is -1.40. The SMILES string of the molecule is COCCCC(=O)Nc1cc(Br)cc(C(=O)O)c1. The number of carboxylic acids is 1. The lowest BCUT2D eigenvalue weighted by molar-refractivity contribution is -0.116. The third kappa shape index (κ3) is 4.85. The van der Waals surface area contributed by atoms with Crippen LogP contribution >= 0.6 is 15.9 Å². The molecule has 98 valence electrons. The summed E-state index contributed by atoms with van der Waals surface area (Å²) in [5, 5.41) is 11.5. The van der Waals surface area contributed by atoms with Crippen LogP contribution in [0.3, 0.4) is 0 Å². The minimum Gasteiger partial charge on any atom is -0.478 e. The van der Waals surface area contributed by atoms with Gasteiger partial charge >= 0.3 is 5.97 Å². The highest BCUT2D eigenvalue weighted by atomic mass is 79.9. The molecular weight excluding hydrogens is 302 g/mol. The van der Waals surface area contributed by atoms with Gasteiger partial charge in [-0.05, 0) is 24.6 Å². The molecule has 0 unspecified atom stereocenters. The number of amides is 1. The third-order valence-electron chi connectivity index (χ3n) is 2.18. The molecule has 2 N–H and O–H groups in total. The van der Waals surface area contributed by atoms with E-state index in [1.807, 2.05) is 0 Å². The molecule has 0 saturated carbocycles. The first kappa shape index (κ1) is 14.7. The van der Waals surface area contributed by atoms with Crippen LogP contribution in [0.25, 0.3) is 0 Å². The second kappa shape index (κ2) is 7.13. The summed E-state index contributed by atoms with van der Waals surface area (Å²) in [6.45, 7) is 0.520. The van der Waals surface area contributed by atoms with Crippen LogP contribution in [0.2, 0.25) is 0 Å². The van der Waals surface area contributed by atoms with Crippen LogP contribution in [0.4, 0.5) is 5.69 Å². The molecule has 0 fully saturated rings. The number of carbonyl (C=O) groups excluding carboxylic acids is 1. The molecule has 0 spiro atoms. The van der Waals surface area contributed by atoms with E-state index < -0.39 is 5.97 Å². The van der Waals surface area contributed by atoms with Gasteiger partial charge in [-0.2, -0.15) is 0 Å². The largest absolute Gasteiger partial charge is 0.478 e. The van der Waals surface area contributed by atoms with E-state index in [1.54, 1.807) is 13.2 Å². The second-order valence-electron chi connectivity index (χ2n) is 3.68. The summed E-state index contributed by atoms with van der Waals surface area (Å²) in [4.78, 5) is 22.4. The Morgan fingerprint density at radius 2 is 2.11 bits per heavy atom. The molecule has 1 aromatic rings. The maximum Gasteiger partial charge on any atom is 0.335 e. The molecule has 0 atom stereocenters. The van der Waals surface area contributed by atoms with E-state index in [0.29, 0.717) is 29.6 Å². The van der Waals surface area contributed by atoms with E-state index in [1.165, 1.54) is 12.1 Å². The van der Waals surface area contributed by atoms with Crippen LogP contribution in [0.5, 0.6) is 0 Å². The first-order valence-electron chi connectivity index (χ1n) is 5.35. The molecule has 6 heteroatoms. The van der Waals surface area contributed by atoms with Crippen molar-refractivity contribution >= 4 is 33.5 Å². The molecule has 0 aliphatic heterocycles. The minimum atomic E-state index is -1.04. The van der Waals surface area contributed by atoms with Gasteiger partial charge in [0.15, 0.2) is 0 Å². The fraction of sp³-hybridized carbons (Fsp3) is 0.333. The summed E-state index contributed by atoms with van der Waals surface area (Å²) >= 11 is 3.20. The van der Waals surface area contributed by atoms with Crippen LogP contribution in [0, 0.1) is 0 Å². The molecule has 0 radical (unpaired) electrons. The second-order valence-corrected chi connectivity index (χ2v) is 4.59. The zero-order valence-corrected chi connectivity index (χ0v) is 11.5. The molecular formula is C12H14BrNO4. The number of aromatic carboxylic acids is 1. The van der Waals surface area contributed by atoms with Crippen molar-refractivity contribution in [1.29, 1.82) is 0 Å². The zero-order valence-electron chi connectivity index (χ0n) is 9.90. The van der Waals surface area contributed by atoms with Gasteiger partial charge in [-0.15, -0.1) is 0 Å². The highest BCUT2D eigenvalue weighted by Crippen LogP contribution is 2.20. The standard InChI is InChI=1S/C12H14BrNO4/c1-18-4-2-3-11(15)14-10-6-8(12(16)17)5-9(13)7-10/h5-7H,2-4H2,1H3,(H,14,15)(H,16,17). The molecule has 18 heavy (non-hydrogen) atoms. The Labute approximate surface area is 113 Å². The number of nitrogens with one attached hydrogen (secondary N) is 1. The van der Waals surface area contributed by atoms with Gasteiger partial charge in [0.2, 0.25) is 5.91 Å². The van der Waals surface area contributed by atoms with E-state index in [0.717, 1.165) is 0 Å². The third-order valence-corrected chi connectivity index (χ3v) is 2.64.